The van der Waals surface area contributed by atoms with E-state index in [1.54, 1.807) is 30.5 Å². The smallest absolute Gasteiger partial charge is 0.315 e. The molecule has 0 fully saturated rings. The highest BCUT2D eigenvalue weighted by Crippen LogP contribution is 2.28. The minimum absolute atomic E-state index is 0.205. The summed E-state index contributed by atoms with van der Waals surface area (Å²) in [5.74, 6) is 0. The van der Waals surface area contributed by atoms with Gasteiger partial charge < -0.3 is 10.2 Å². The van der Waals surface area contributed by atoms with Gasteiger partial charge in [-0.1, -0.05) is 48.5 Å². The van der Waals surface area contributed by atoms with E-state index in [1.165, 1.54) is 0 Å². The number of nitrogens with zero attached hydrogens (tertiary/aromatic N) is 3. The number of carbonyl (C=O) groups excluding carboxylic acids is 1. The van der Waals surface area contributed by atoms with Crippen molar-refractivity contribution >= 4 is 22.5 Å². The van der Waals surface area contributed by atoms with Crippen molar-refractivity contribution < 1.29 is 4.79 Å². The number of amides is 2. The second kappa shape index (κ2) is 7.88. The van der Waals surface area contributed by atoms with Crippen molar-refractivity contribution in [3.63, 3.8) is 0 Å². The number of urea groups is 1. The lowest BCUT2D eigenvalue weighted by Gasteiger charge is -2.28. The third-order valence-electron chi connectivity index (χ3n) is 4.71. The Morgan fingerprint density at radius 1 is 0.929 bits per heavy atom. The van der Waals surface area contributed by atoms with Crippen LogP contribution in [0.25, 0.3) is 10.8 Å². The van der Waals surface area contributed by atoms with Crippen LogP contribution in [-0.4, -0.2) is 27.9 Å². The number of aromatic nitrogens is 2. The fourth-order valence-electron chi connectivity index (χ4n) is 3.32. The van der Waals surface area contributed by atoms with Gasteiger partial charge in [0.15, 0.2) is 0 Å². The Balaban J connectivity index is 1.67. The van der Waals surface area contributed by atoms with Gasteiger partial charge in [0.1, 0.15) is 6.04 Å². The number of carbonyl (C=O) groups is 1. The topological polar surface area (TPSA) is 58.1 Å². The summed E-state index contributed by atoms with van der Waals surface area (Å²) in [6.07, 6.45) is 5.26. The van der Waals surface area contributed by atoms with Gasteiger partial charge in [-0.3, -0.25) is 9.97 Å². The Morgan fingerprint density at radius 3 is 2.54 bits per heavy atom. The van der Waals surface area contributed by atoms with E-state index in [9.17, 15) is 4.79 Å². The van der Waals surface area contributed by atoms with Crippen LogP contribution in [0.15, 0.2) is 91.4 Å². The lowest BCUT2D eigenvalue weighted by molar-refractivity contribution is 0.211. The minimum Gasteiger partial charge on any atom is -0.315 e. The molecule has 1 N–H and O–H groups in total. The average Bonchev–Trinajstić information content (AvgIpc) is 2.75. The molecule has 5 heteroatoms. The molecule has 5 nitrogen and oxygen atoms in total. The van der Waals surface area contributed by atoms with Crippen LogP contribution in [0.5, 0.6) is 0 Å². The third kappa shape index (κ3) is 3.55. The van der Waals surface area contributed by atoms with Crippen molar-refractivity contribution in [3.8, 4) is 0 Å². The van der Waals surface area contributed by atoms with Crippen molar-refractivity contribution in [2.75, 3.05) is 12.4 Å². The van der Waals surface area contributed by atoms with E-state index in [1.807, 2.05) is 72.8 Å². The van der Waals surface area contributed by atoms with Crippen molar-refractivity contribution in [2.45, 2.75) is 6.04 Å². The molecular weight excluding hydrogens is 348 g/mol. The van der Waals surface area contributed by atoms with E-state index in [-0.39, 0.29) is 12.1 Å². The van der Waals surface area contributed by atoms with Crippen LogP contribution in [0, 0.1) is 0 Å². The molecule has 2 amide bonds. The summed E-state index contributed by atoms with van der Waals surface area (Å²) in [7, 11) is 1.79. The molecule has 2 aromatic heterocycles. The predicted octanol–water partition coefficient (Wildman–Crippen LogP) is 4.88. The molecule has 0 saturated carbocycles. The van der Waals surface area contributed by atoms with E-state index in [2.05, 4.69) is 15.3 Å². The third-order valence-corrected chi connectivity index (χ3v) is 4.71. The van der Waals surface area contributed by atoms with Gasteiger partial charge in [-0.2, -0.15) is 0 Å². The van der Waals surface area contributed by atoms with E-state index in [4.69, 9.17) is 0 Å². The summed E-state index contributed by atoms with van der Waals surface area (Å²) in [6, 6.07) is 22.8. The Morgan fingerprint density at radius 2 is 1.75 bits per heavy atom. The van der Waals surface area contributed by atoms with Gasteiger partial charge in [0.05, 0.1) is 11.4 Å². The van der Waals surface area contributed by atoms with E-state index in [0.717, 1.165) is 27.7 Å². The summed E-state index contributed by atoms with van der Waals surface area (Å²) in [5, 5.41) is 4.97. The lowest BCUT2D eigenvalue weighted by atomic mass is 10.0. The van der Waals surface area contributed by atoms with Gasteiger partial charge in [-0.15, -0.1) is 0 Å². The molecule has 0 bridgehead atoms. The Kier molecular flexibility index (Phi) is 4.97. The fraction of sp³-hybridized carbons (Fsp3) is 0.0870. The maximum Gasteiger partial charge on any atom is 0.322 e. The molecule has 1 unspecified atom stereocenters. The lowest BCUT2D eigenvalue weighted by Crippen LogP contribution is -2.35. The van der Waals surface area contributed by atoms with Gasteiger partial charge >= 0.3 is 6.03 Å². The second-order valence-corrected chi connectivity index (χ2v) is 6.51. The second-order valence-electron chi connectivity index (χ2n) is 6.51. The minimum atomic E-state index is -0.293. The van der Waals surface area contributed by atoms with Gasteiger partial charge in [0, 0.05) is 36.4 Å². The summed E-state index contributed by atoms with van der Waals surface area (Å²) in [4.78, 5) is 23.4. The molecule has 138 valence electrons. The molecule has 0 aliphatic carbocycles. The first-order valence-electron chi connectivity index (χ1n) is 9.06. The van der Waals surface area contributed by atoms with Crippen LogP contribution in [0.4, 0.5) is 10.5 Å². The Bertz CT molecular complexity index is 1040. The number of fused-ring (bicyclic) bond motifs is 1. The molecule has 2 aromatic carbocycles. The number of pyridine rings is 2. The number of nitrogens with one attached hydrogen (secondary N) is 1. The van der Waals surface area contributed by atoms with Crippen LogP contribution in [-0.2, 0) is 0 Å². The summed E-state index contributed by atoms with van der Waals surface area (Å²) < 4.78 is 0. The van der Waals surface area contributed by atoms with Crippen molar-refractivity contribution in [1.29, 1.82) is 0 Å². The largest absolute Gasteiger partial charge is 0.322 e. The molecule has 0 aliphatic heterocycles. The Hall–Kier alpha value is -3.73. The van der Waals surface area contributed by atoms with Gasteiger partial charge in [-0.25, -0.2) is 4.79 Å². The zero-order valence-corrected chi connectivity index (χ0v) is 15.5. The van der Waals surface area contributed by atoms with Crippen LogP contribution in [0.3, 0.4) is 0 Å². The first-order valence-corrected chi connectivity index (χ1v) is 9.06. The molecule has 4 aromatic rings. The van der Waals surface area contributed by atoms with Crippen LogP contribution in [0.2, 0.25) is 0 Å². The molecule has 28 heavy (non-hydrogen) atoms. The maximum atomic E-state index is 13.1. The van der Waals surface area contributed by atoms with E-state index >= 15 is 0 Å². The summed E-state index contributed by atoms with van der Waals surface area (Å²) >= 11 is 0. The van der Waals surface area contributed by atoms with Gasteiger partial charge in [-0.05, 0) is 29.8 Å². The van der Waals surface area contributed by atoms with E-state index < -0.39 is 0 Å². The van der Waals surface area contributed by atoms with Gasteiger partial charge in [0.25, 0.3) is 0 Å². The molecule has 0 spiro atoms. The molecule has 4 rings (SSSR count). The quantitative estimate of drug-likeness (QED) is 0.558. The summed E-state index contributed by atoms with van der Waals surface area (Å²) in [5.41, 5.74) is 2.57. The zero-order chi connectivity index (χ0) is 19.3. The van der Waals surface area contributed by atoms with Crippen molar-refractivity contribution in [3.05, 3.63) is 103 Å². The highest BCUT2D eigenvalue weighted by Gasteiger charge is 2.24. The molecule has 0 saturated heterocycles. The van der Waals surface area contributed by atoms with Crippen LogP contribution < -0.4 is 5.32 Å². The number of benzene rings is 2. The van der Waals surface area contributed by atoms with E-state index in [0.29, 0.717) is 0 Å². The van der Waals surface area contributed by atoms with Crippen LogP contribution in [0.1, 0.15) is 17.3 Å². The number of hydrogen-bond donors (Lipinski definition) is 1. The summed E-state index contributed by atoms with van der Waals surface area (Å²) in [6.45, 7) is 0. The monoisotopic (exact) mass is 368 g/mol. The molecule has 1 atom stereocenters. The number of anilines is 1. The predicted molar refractivity (Wildman–Crippen MR) is 111 cm³/mol. The normalized spacial score (nSPS) is 11.8. The molecule has 0 radical (unpaired) electrons. The number of hydrogen-bond acceptors (Lipinski definition) is 3. The highest BCUT2D eigenvalue weighted by atomic mass is 16.2. The first-order chi connectivity index (χ1) is 13.7. The first kappa shape index (κ1) is 17.7. The number of rotatable bonds is 4. The van der Waals surface area contributed by atoms with Crippen molar-refractivity contribution in [2.24, 2.45) is 0 Å². The standard InChI is InChI=1S/C23H20N4O/c1-27(22(17-8-3-2-4-9-17)21-11-5-6-14-25-21)23(28)26-20-12-7-10-18-16-24-15-13-19(18)20/h2-16,22H,1H3,(H,26,28). The van der Waals surface area contributed by atoms with Gasteiger partial charge in [0.2, 0.25) is 0 Å². The highest BCUT2D eigenvalue weighted by molar-refractivity contribution is 6.01. The fourth-order valence-corrected chi connectivity index (χ4v) is 3.32. The average molecular weight is 368 g/mol. The zero-order valence-electron chi connectivity index (χ0n) is 15.5. The molecule has 2 heterocycles. The van der Waals surface area contributed by atoms with Crippen molar-refractivity contribution in [1.82, 2.24) is 14.9 Å². The SMILES string of the molecule is CN(C(=O)Nc1cccc2cnccc12)C(c1ccccc1)c1ccccn1. The van der Waals surface area contributed by atoms with Crippen LogP contribution >= 0.6 is 0 Å². The molecule has 0 aliphatic rings. The Labute approximate surface area is 163 Å². The molecular formula is C23H20N4O. The maximum absolute atomic E-state index is 13.1.